The molecule has 1 aromatic carbocycles. The highest BCUT2D eigenvalue weighted by atomic mass is 16.7. The number of hydrogen-bond acceptors (Lipinski definition) is 5. The molecule has 1 aromatic rings. The molecule has 2 heterocycles. The van der Waals surface area contributed by atoms with Gasteiger partial charge in [0.2, 0.25) is 0 Å². The summed E-state index contributed by atoms with van der Waals surface area (Å²) in [7, 11) is 0. The number of fused-ring (bicyclic) bond motifs is 2. The summed E-state index contributed by atoms with van der Waals surface area (Å²) in [5, 5.41) is 5.42. The largest absolute Gasteiger partial charge is 0.481 e. The first-order chi connectivity index (χ1) is 10.3. The summed E-state index contributed by atoms with van der Waals surface area (Å²) in [5.41, 5.74) is 1.53. The fourth-order valence-electron chi connectivity index (χ4n) is 3.12. The quantitative estimate of drug-likeness (QED) is 0.852. The maximum Gasteiger partial charge on any atom is 0.288 e. The highest BCUT2D eigenvalue weighted by Gasteiger charge is 2.38. The van der Waals surface area contributed by atoms with Crippen molar-refractivity contribution in [2.75, 3.05) is 18.3 Å². The number of nitrogens with zero attached hydrogens (tertiary/aromatic N) is 2. The third-order valence-corrected chi connectivity index (χ3v) is 4.19. The van der Waals surface area contributed by atoms with Crippen LogP contribution >= 0.6 is 0 Å². The zero-order chi connectivity index (χ0) is 14.2. The van der Waals surface area contributed by atoms with Crippen LogP contribution in [0.15, 0.2) is 29.4 Å². The van der Waals surface area contributed by atoms with Crippen LogP contribution in [0.3, 0.4) is 0 Å². The van der Waals surface area contributed by atoms with E-state index in [0.717, 1.165) is 25.0 Å². The lowest BCUT2D eigenvalue weighted by Crippen LogP contribution is -2.40. The summed E-state index contributed by atoms with van der Waals surface area (Å²) in [5.74, 6) is 0.785. The molecule has 3 aliphatic rings. The number of carbonyl (C=O) groups excluding carboxylic acids is 1. The fourth-order valence-corrected chi connectivity index (χ4v) is 3.12. The number of carbonyl (C=O) groups is 1. The van der Waals surface area contributed by atoms with Gasteiger partial charge in [0.1, 0.15) is 24.1 Å². The number of anilines is 1. The van der Waals surface area contributed by atoms with Gasteiger partial charge in [-0.25, -0.2) is 0 Å². The predicted octanol–water partition coefficient (Wildman–Crippen LogP) is 1.90. The number of para-hydroxylation sites is 2. The van der Waals surface area contributed by atoms with Crippen LogP contribution in [0, 0.1) is 5.92 Å². The average molecular weight is 288 g/mol. The van der Waals surface area contributed by atoms with Gasteiger partial charge in [0.05, 0.1) is 5.71 Å². The molecule has 0 spiro atoms. The fraction of sp³-hybridized carbons (Fsp3) is 0.467. The highest BCUT2D eigenvalue weighted by Crippen LogP contribution is 2.35. The molecule has 0 aromatic heterocycles. The van der Waals surface area contributed by atoms with Crippen molar-refractivity contribution in [2.24, 2.45) is 11.1 Å². The molecule has 6 heteroatoms. The van der Waals surface area contributed by atoms with Crippen LogP contribution in [0.25, 0.3) is 0 Å². The molecular formula is C15H16N2O4. The normalized spacial score (nSPS) is 26.8. The van der Waals surface area contributed by atoms with E-state index in [2.05, 4.69) is 5.16 Å². The van der Waals surface area contributed by atoms with Gasteiger partial charge >= 0.3 is 0 Å². The topological polar surface area (TPSA) is 60.4 Å². The molecule has 0 N–H and O–H groups in total. The van der Waals surface area contributed by atoms with Crippen LogP contribution in [0.4, 0.5) is 5.69 Å². The van der Waals surface area contributed by atoms with Crippen LogP contribution < -0.4 is 9.80 Å². The third kappa shape index (κ3) is 2.15. The van der Waals surface area contributed by atoms with Crippen molar-refractivity contribution in [3.8, 4) is 5.75 Å². The van der Waals surface area contributed by atoms with E-state index in [1.807, 2.05) is 18.2 Å². The summed E-state index contributed by atoms with van der Waals surface area (Å²) >= 11 is 0. The minimum Gasteiger partial charge on any atom is -0.481 e. The minimum absolute atomic E-state index is 0.00789. The van der Waals surface area contributed by atoms with E-state index < -0.39 is 0 Å². The number of benzene rings is 1. The number of rotatable bonds is 3. The van der Waals surface area contributed by atoms with Crippen molar-refractivity contribution in [1.82, 2.24) is 0 Å². The van der Waals surface area contributed by atoms with E-state index in [4.69, 9.17) is 14.4 Å². The Balaban J connectivity index is 1.48. The van der Waals surface area contributed by atoms with Gasteiger partial charge in [0.25, 0.3) is 5.91 Å². The molecule has 6 nitrogen and oxygen atoms in total. The standard InChI is InChI=1S/C15H16N2O4/c18-15-9-19-14-6-2-1-5-12(14)17(15)20-8-11-10-4-3-7-13(10)21-16-11/h1-2,5-6,10,13H,3-4,7-9H2/t10-,13-/m1/s1. The van der Waals surface area contributed by atoms with E-state index >= 15 is 0 Å². The molecule has 21 heavy (non-hydrogen) atoms. The second-order valence-corrected chi connectivity index (χ2v) is 5.48. The third-order valence-electron chi connectivity index (χ3n) is 4.19. The summed E-state index contributed by atoms with van der Waals surface area (Å²) in [4.78, 5) is 23.1. The van der Waals surface area contributed by atoms with E-state index in [-0.39, 0.29) is 25.2 Å². The van der Waals surface area contributed by atoms with Gasteiger partial charge in [-0.2, -0.15) is 5.06 Å². The van der Waals surface area contributed by atoms with Gasteiger partial charge in [-0.3, -0.25) is 9.63 Å². The van der Waals surface area contributed by atoms with E-state index in [1.165, 1.54) is 5.06 Å². The average Bonchev–Trinajstić information content (AvgIpc) is 3.10. The lowest BCUT2D eigenvalue weighted by Gasteiger charge is -2.28. The van der Waals surface area contributed by atoms with Crippen molar-refractivity contribution in [2.45, 2.75) is 25.4 Å². The number of amides is 1. The molecule has 1 aliphatic carbocycles. The molecular weight excluding hydrogens is 272 g/mol. The zero-order valence-electron chi connectivity index (χ0n) is 11.5. The summed E-state index contributed by atoms with van der Waals surface area (Å²) in [6.07, 6.45) is 3.50. The molecule has 4 rings (SSSR count). The van der Waals surface area contributed by atoms with E-state index in [1.54, 1.807) is 6.07 Å². The molecule has 0 saturated heterocycles. The first-order valence-corrected chi connectivity index (χ1v) is 7.23. The Bertz CT molecular complexity index is 601. The van der Waals surface area contributed by atoms with Crippen LogP contribution in [0.5, 0.6) is 5.75 Å². The van der Waals surface area contributed by atoms with Crippen molar-refractivity contribution >= 4 is 17.3 Å². The maximum atomic E-state index is 12.0. The molecule has 0 radical (unpaired) electrons. The second-order valence-electron chi connectivity index (χ2n) is 5.48. The van der Waals surface area contributed by atoms with Crippen molar-refractivity contribution in [3.05, 3.63) is 24.3 Å². The van der Waals surface area contributed by atoms with Crippen LogP contribution in [0.1, 0.15) is 19.3 Å². The molecule has 0 unspecified atom stereocenters. The second kappa shape index (κ2) is 5.04. The number of hydroxylamine groups is 1. The van der Waals surface area contributed by atoms with E-state index in [9.17, 15) is 4.79 Å². The van der Waals surface area contributed by atoms with Gasteiger partial charge in [0, 0.05) is 5.92 Å². The van der Waals surface area contributed by atoms with Crippen molar-refractivity contribution in [1.29, 1.82) is 0 Å². The van der Waals surface area contributed by atoms with Gasteiger partial charge in [0.15, 0.2) is 6.61 Å². The molecule has 110 valence electrons. The Hall–Kier alpha value is -2.08. The molecule has 2 atom stereocenters. The Morgan fingerprint density at radius 2 is 2.24 bits per heavy atom. The van der Waals surface area contributed by atoms with Gasteiger partial charge in [-0.15, -0.1) is 0 Å². The van der Waals surface area contributed by atoms with Crippen LogP contribution in [-0.4, -0.2) is 30.9 Å². The Labute approximate surface area is 122 Å². The molecule has 2 aliphatic heterocycles. The van der Waals surface area contributed by atoms with Crippen LogP contribution in [0.2, 0.25) is 0 Å². The summed E-state index contributed by atoms with van der Waals surface area (Å²) in [6.45, 7) is 0.271. The lowest BCUT2D eigenvalue weighted by atomic mass is 10.0. The van der Waals surface area contributed by atoms with Crippen molar-refractivity contribution < 1.29 is 19.2 Å². The smallest absolute Gasteiger partial charge is 0.288 e. The number of ether oxygens (including phenoxy) is 1. The zero-order valence-corrected chi connectivity index (χ0v) is 11.5. The molecule has 0 bridgehead atoms. The monoisotopic (exact) mass is 288 g/mol. The lowest BCUT2D eigenvalue weighted by molar-refractivity contribution is -0.128. The highest BCUT2D eigenvalue weighted by molar-refractivity contribution is 5.96. The number of hydrogen-bond donors (Lipinski definition) is 0. The maximum absolute atomic E-state index is 12.0. The Morgan fingerprint density at radius 1 is 1.33 bits per heavy atom. The minimum atomic E-state index is -0.212. The first kappa shape index (κ1) is 12.6. The Kier molecular flexibility index (Phi) is 3.03. The molecule has 1 saturated carbocycles. The molecule has 1 fully saturated rings. The van der Waals surface area contributed by atoms with Gasteiger partial charge in [-0.1, -0.05) is 17.3 Å². The molecule has 1 amide bonds. The van der Waals surface area contributed by atoms with Crippen LogP contribution in [-0.2, 0) is 14.5 Å². The SMILES string of the molecule is O=C1COc2ccccc2N1OCC1=NO[C@@H]2CCC[C@H]12. The predicted molar refractivity (Wildman–Crippen MR) is 75.0 cm³/mol. The van der Waals surface area contributed by atoms with Gasteiger partial charge in [-0.05, 0) is 31.4 Å². The summed E-state index contributed by atoms with van der Waals surface area (Å²) in [6, 6.07) is 7.34. The van der Waals surface area contributed by atoms with E-state index in [0.29, 0.717) is 17.4 Å². The van der Waals surface area contributed by atoms with Gasteiger partial charge < -0.3 is 9.57 Å². The Morgan fingerprint density at radius 3 is 3.19 bits per heavy atom. The first-order valence-electron chi connectivity index (χ1n) is 7.23. The summed E-state index contributed by atoms with van der Waals surface area (Å²) < 4.78 is 5.38. The van der Waals surface area contributed by atoms with Crippen molar-refractivity contribution in [3.63, 3.8) is 0 Å². The number of oxime groups is 1.